The maximum atomic E-state index is 12.6. The zero-order valence-corrected chi connectivity index (χ0v) is 15.6. The van der Waals surface area contributed by atoms with Crippen molar-refractivity contribution in [3.63, 3.8) is 0 Å². The Balaban J connectivity index is 1.53. The van der Waals surface area contributed by atoms with E-state index in [1.165, 1.54) is 11.3 Å². The van der Waals surface area contributed by atoms with Gasteiger partial charge in [-0.05, 0) is 19.1 Å². The van der Waals surface area contributed by atoms with Crippen molar-refractivity contribution in [1.29, 1.82) is 0 Å². The lowest BCUT2D eigenvalue weighted by atomic mass is 10.1. The number of amides is 3. The molecule has 148 valence electrons. The van der Waals surface area contributed by atoms with Gasteiger partial charge in [0.2, 0.25) is 11.8 Å². The van der Waals surface area contributed by atoms with Crippen molar-refractivity contribution in [2.45, 2.75) is 19.5 Å². The minimum atomic E-state index is -4.47. The average Bonchev–Trinajstić information content (AvgIpc) is 3.19. The number of thiophene rings is 1. The van der Waals surface area contributed by atoms with Crippen molar-refractivity contribution in [1.82, 2.24) is 14.7 Å². The van der Waals surface area contributed by atoms with Gasteiger partial charge in [0.25, 0.3) is 5.91 Å². The van der Waals surface area contributed by atoms with E-state index < -0.39 is 24.5 Å². The van der Waals surface area contributed by atoms with Crippen molar-refractivity contribution in [3.05, 3.63) is 21.9 Å². The lowest BCUT2D eigenvalue weighted by molar-refractivity contribution is -0.157. The summed E-state index contributed by atoms with van der Waals surface area (Å²) in [6.45, 7) is 1.77. The van der Waals surface area contributed by atoms with E-state index >= 15 is 0 Å². The second-order valence-corrected chi connectivity index (χ2v) is 8.11. The number of rotatable bonds is 3. The molecule has 2 fully saturated rings. The minimum absolute atomic E-state index is 0.0763. The Morgan fingerprint density at radius 1 is 1.15 bits per heavy atom. The summed E-state index contributed by atoms with van der Waals surface area (Å²) in [5.74, 6) is -1.78. The maximum absolute atomic E-state index is 12.6. The second kappa shape index (κ2) is 7.49. The van der Waals surface area contributed by atoms with E-state index in [4.69, 9.17) is 0 Å². The third-order valence-electron chi connectivity index (χ3n) is 4.76. The van der Waals surface area contributed by atoms with Gasteiger partial charge in [-0.2, -0.15) is 13.2 Å². The molecular weight excluding hydrogens is 383 g/mol. The van der Waals surface area contributed by atoms with Crippen molar-refractivity contribution >= 4 is 29.1 Å². The molecule has 1 unspecified atom stereocenters. The summed E-state index contributed by atoms with van der Waals surface area (Å²) in [5, 5.41) is 0. The SMILES string of the molecule is Cc1ccc(C(=O)N2CCN(C(=O)C3CC(=O)N(CC(F)(F)F)C3)CC2)s1. The molecule has 0 saturated carbocycles. The van der Waals surface area contributed by atoms with Crippen LogP contribution in [0.4, 0.5) is 13.2 Å². The van der Waals surface area contributed by atoms with Gasteiger partial charge in [-0.15, -0.1) is 11.3 Å². The zero-order chi connectivity index (χ0) is 19.8. The summed E-state index contributed by atoms with van der Waals surface area (Å²) >= 11 is 1.42. The molecule has 0 aliphatic carbocycles. The predicted molar refractivity (Wildman–Crippen MR) is 92.3 cm³/mol. The lowest BCUT2D eigenvalue weighted by Crippen LogP contribution is -2.52. The Labute approximate surface area is 158 Å². The molecule has 3 rings (SSSR count). The van der Waals surface area contributed by atoms with Gasteiger partial charge in [-0.1, -0.05) is 0 Å². The molecule has 2 saturated heterocycles. The quantitative estimate of drug-likeness (QED) is 0.773. The minimum Gasteiger partial charge on any atom is -0.339 e. The lowest BCUT2D eigenvalue weighted by Gasteiger charge is -2.35. The third kappa shape index (κ3) is 4.60. The van der Waals surface area contributed by atoms with Crippen LogP contribution in [0.25, 0.3) is 0 Å². The summed E-state index contributed by atoms with van der Waals surface area (Å²) in [5.41, 5.74) is 0. The van der Waals surface area contributed by atoms with E-state index in [1.807, 2.05) is 13.0 Å². The van der Waals surface area contributed by atoms with Gasteiger partial charge >= 0.3 is 6.18 Å². The summed E-state index contributed by atoms with van der Waals surface area (Å²) in [7, 11) is 0. The van der Waals surface area contributed by atoms with E-state index in [2.05, 4.69) is 0 Å². The van der Waals surface area contributed by atoms with Crippen molar-refractivity contribution in [2.24, 2.45) is 5.92 Å². The number of halogens is 3. The summed E-state index contributed by atoms with van der Waals surface area (Å²) in [6, 6.07) is 3.65. The Morgan fingerprint density at radius 2 is 1.78 bits per heavy atom. The topological polar surface area (TPSA) is 60.9 Å². The predicted octanol–water partition coefficient (Wildman–Crippen LogP) is 1.75. The van der Waals surface area contributed by atoms with E-state index in [9.17, 15) is 27.6 Å². The van der Waals surface area contributed by atoms with Crippen LogP contribution in [0, 0.1) is 12.8 Å². The Kier molecular flexibility index (Phi) is 5.45. The van der Waals surface area contributed by atoms with E-state index in [0.29, 0.717) is 36.0 Å². The fourth-order valence-corrected chi connectivity index (χ4v) is 4.24. The van der Waals surface area contributed by atoms with E-state index in [1.54, 1.807) is 15.9 Å². The number of likely N-dealkylation sites (tertiary alicyclic amines) is 1. The number of carbonyl (C=O) groups is 3. The molecule has 2 aliphatic heterocycles. The van der Waals surface area contributed by atoms with Crippen LogP contribution in [0.15, 0.2) is 12.1 Å². The van der Waals surface area contributed by atoms with Gasteiger partial charge in [0.15, 0.2) is 0 Å². The molecule has 27 heavy (non-hydrogen) atoms. The highest BCUT2D eigenvalue weighted by atomic mass is 32.1. The number of aryl methyl sites for hydroxylation is 1. The smallest absolute Gasteiger partial charge is 0.339 e. The van der Waals surface area contributed by atoms with Crippen LogP contribution in [-0.4, -0.2) is 77.9 Å². The molecule has 2 aliphatic rings. The Hall–Kier alpha value is -2.10. The van der Waals surface area contributed by atoms with Gasteiger partial charge < -0.3 is 14.7 Å². The molecule has 0 aromatic carbocycles. The molecule has 0 bridgehead atoms. The second-order valence-electron chi connectivity index (χ2n) is 6.82. The number of piperazine rings is 1. The Bertz CT molecular complexity index is 741. The van der Waals surface area contributed by atoms with Crippen LogP contribution in [0.2, 0.25) is 0 Å². The number of nitrogens with zero attached hydrogens (tertiary/aromatic N) is 3. The molecule has 0 radical (unpaired) electrons. The monoisotopic (exact) mass is 403 g/mol. The highest BCUT2D eigenvalue weighted by Gasteiger charge is 2.42. The van der Waals surface area contributed by atoms with Crippen LogP contribution >= 0.6 is 11.3 Å². The van der Waals surface area contributed by atoms with E-state index in [-0.39, 0.29) is 24.8 Å². The molecule has 3 heterocycles. The zero-order valence-electron chi connectivity index (χ0n) is 14.8. The standard InChI is InChI=1S/C17H20F3N3O3S/c1-11-2-3-13(27-11)16(26)22-6-4-21(5-7-22)15(25)12-8-14(24)23(9-12)10-17(18,19)20/h2-3,12H,4-10H2,1H3. The van der Waals surface area contributed by atoms with Crippen LogP contribution < -0.4 is 0 Å². The molecule has 6 nitrogen and oxygen atoms in total. The van der Waals surface area contributed by atoms with Gasteiger partial charge in [0, 0.05) is 44.0 Å². The summed E-state index contributed by atoms with van der Waals surface area (Å²) in [4.78, 5) is 42.4. The largest absolute Gasteiger partial charge is 0.406 e. The van der Waals surface area contributed by atoms with Gasteiger partial charge in [0.1, 0.15) is 6.54 Å². The van der Waals surface area contributed by atoms with Gasteiger partial charge in [-0.3, -0.25) is 14.4 Å². The molecule has 1 aromatic rings. The first-order valence-corrected chi connectivity index (χ1v) is 9.45. The summed E-state index contributed by atoms with van der Waals surface area (Å²) in [6.07, 6.45) is -4.66. The number of alkyl halides is 3. The number of carbonyl (C=O) groups excluding carboxylic acids is 3. The first-order valence-electron chi connectivity index (χ1n) is 8.63. The van der Waals surface area contributed by atoms with Crippen molar-refractivity contribution < 1.29 is 27.6 Å². The highest BCUT2D eigenvalue weighted by molar-refractivity contribution is 7.13. The molecule has 3 amide bonds. The van der Waals surface area contributed by atoms with E-state index in [0.717, 1.165) is 4.88 Å². The van der Waals surface area contributed by atoms with Crippen LogP contribution in [0.3, 0.4) is 0 Å². The van der Waals surface area contributed by atoms with Crippen LogP contribution in [0.1, 0.15) is 21.0 Å². The molecule has 0 spiro atoms. The Morgan fingerprint density at radius 3 is 2.33 bits per heavy atom. The van der Waals surface area contributed by atoms with Gasteiger partial charge in [0.05, 0.1) is 10.8 Å². The molecule has 0 N–H and O–H groups in total. The molecule has 1 aromatic heterocycles. The first-order chi connectivity index (χ1) is 12.6. The summed E-state index contributed by atoms with van der Waals surface area (Å²) < 4.78 is 37.5. The maximum Gasteiger partial charge on any atom is 0.406 e. The molecule has 10 heteroatoms. The third-order valence-corrected chi connectivity index (χ3v) is 5.75. The number of hydrogen-bond acceptors (Lipinski definition) is 4. The fourth-order valence-electron chi connectivity index (χ4n) is 3.40. The first kappa shape index (κ1) is 19.7. The highest BCUT2D eigenvalue weighted by Crippen LogP contribution is 2.26. The van der Waals surface area contributed by atoms with Crippen molar-refractivity contribution in [2.75, 3.05) is 39.3 Å². The number of hydrogen-bond donors (Lipinski definition) is 0. The normalized spacial score (nSPS) is 21.1. The van der Waals surface area contributed by atoms with Crippen LogP contribution in [0.5, 0.6) is 0 Å². The average molecular weight is 403 g/mol. The fraction of sp³-hybridized carbons (Fsp3) is 0.588. The van der Waals surface area contributed by atoms with Gasteiger partial charge in [-0.25, -0.2) is 0 Å². The van der Waals surface area contributed by atoms with Crippen LogP contribution in [-0.2, 0) is 9.59 Å². The van der Waals surface area contributed by atoms with Crippen molar-refractivity contribution in [3.8, 4) is 0 Å². The molecular formula is C17H20F3N3O3S. The molecule has 1 atom stereocenters.